The molecular formula is C12H16BrClFN. The van der Waals surface area contributed by atoms with Crippen LogP contribution in [0.25, 0.3) is 0 Å². The summed E-state index contributed by atoms with van der Waals surface area (Å²) in [7, 11) is 0. The Bertz CT molecular complexity index is 344. The van der Waals surface area contributed by atoms with Crippen molar-refractivity contribution in [1.29, 1.82) is 0 Å². The first-order chi connectivity index (χ1) is 7.50. The second kappa shape index (κ2) is 6.58. The first kappa shape index (κ1) is 13.9. The highest BCUT2D eigenvalue weighted by atomic mass is 79.9. The van der Waals surface area contributed by atoms with E-state index in [0.717, 1.165) is 6.42 Å². The van der Waals surface area contributed by atoms with Crippen molar-refractivity contribution in [3.8, 4) is 0 Å². The number of hydrogen-bond donors (Lipinski definition) is 1. The SMILES string of the molecule is CC(Br)CC(C)NCc1cccc(Cl)c1F. The largest absolute Gasteiger partial charge is 0.310 e. The van der Waals surface area contributed by atoms with Crippen molar-refractivity contribution in [2.24, 2.45) is 0 Å². The van der Waals surface area contributed by atoms with Crippen molar-refractivity contribution in [3.05, 3.63) is 34.6 Å². The quantitative estimate of drug-likeness (QED) is 0.807. The summed E-state index contributed by atoms with van der Waals surface area (Å²) in [5.74, 6) is -0.323. The van der Waals surface area contributed by atoms with E-state index in [0.29, 0.717) is 23.0 Å². The molecule has 0 saturated carbocycles. The summed E-state index contributed by atoms with van der Waals surface area (Å²) in [6, 6.07) is 5.41. The summed E-state index contributed by atoms with van der Waals surface area (Å²) < 4.78 is 13.5. The van der Waals surface area contributed by atoms with Gasteiger partial charge in [0.1, 0.15) is 5.82 Å². The molecule has 0 bridgehead atoms. The first-order valence-electron chi connectivity index (χ1n) is 5.31. The van der Waals surface area contributed by atoms with E-state index >= 15 is 0 Å². The Hall–Kier alpha value is -0.120. The Morgan fingerprint density at radius 2 is 2.12 bits per heavy atom. The lowest BCUT2D eigenvalue weighted by Crippen LogP contribution is -2.27. The van der Waals surface area contributed by atoms with Gasteiger partial charge in [0.15, 0.2) is 0 Å². The third-order valence-electron chi connectivity index (χ3n) is 2.35. The van der Waals surface area contributed by atoms with E-state index in [1.807, 2.05) is 0 Å². The van der Waals surface area contributed by atoms with E-state index < -0.39 is 0 Å². The van der Waals surface area contributed by atoms with Gasteiger partial charge < -0.3 is 5.32 Å². The van der Waals surface area contributed by atoms with Gasteiger partial charge in [-0.2, -0.15) is 0 Å². The van der Waals surface area contributed by atoms with Gasteiger partial charge in [0.2, 0.25) is 0 Å². The molecule has 1 aromatic rings. The summed E-state index contributed by atoms with van der Waals surface area (Å²) in [6.07, 6.45) is 1.00. The van der Waals surface area contributed by atoms with Gasteiger partial charge in [-0.25, -0.2) is 4.39 Å². The minimum atomic E-state index is -0.323. The van der Waals surface area contributed by atoms with Crippen LogP contribution in [0.4, 0.5) is 4.39 Å². The van der Waals surface area contributed by atoms with Gasteiger partial charge >= 0.3 is 0 Å². The monoisotopic (exact) mass is 307 g/mol. The van der Waals surface area contributed by atoms with Crippen LogP contribution in [0.1, 0.15) is 25.8 Å². The minimum absolute atomic E-state index is 0.181. The highest BCUT2D eigenvalue weighted by molar-refractivity contribution is 9.09. The molecule has 0 amide bonds. The molecule has 0 aliphatic rings. The Morgan fingerprint density at radius 1 is 1.44 bits per heavy atom. The third-order valence-corrected chi connectivity index (χ3v) is 3.02. The molecule has 4 heteroatoms. The molecule has 0 aliphatic carbocycles. The maximum Gasteiger partial charge on any atom is 0.146 e. The fraction of sp³-hybridized carbons (Fsp3) is 0.500. The predicted octanol–water partition coefficient (Wildman–Crippen LogP) is 4.13. The van der Waals surface area contributed by atoms with E-state index in [4.69, 9.17) is 11.6 Å². The van der Waals surface area contributed by atoms with Crippen LogP contribution in [0.15, 0.2) is 18.2 Å². The minimum Gasteiger partial charge on any atom is -0.310 e. The topological polar surface area (TPSA) is 12.0 Å². The molecule has 0 aliphatic heterocycles. The maximum atomic E-state index is 13.5. The molecule has 0 spiro atoms. The lowest BCUT2D eigenvalue weighted by atomic mass is 10.1. The van der Waals surface area contributed by atoms with E-state index in [-0.39, 0.29) is 10.8 Å². The highest BCUT2D eigenvalue weighted by Crippen LogP contribution is 2.18. The van der Waals surface area contributed by atoms with Gasteiger partial charge in [-0.1, -0.05) is 46.6 Å². The highest BCUT2D eigenvalue weighted by Gasteiger charge is 2.09. The van der Waals surface area contributed by atoms with Gasteiger partial charge in [-0.3, -0.25) is 0 Å². The van der Waals surface area contributed by atoms with Gasteiger partial charge in [0.05, 0.1) is 5.02 Å². The summed E-state index contributed by atoms with van der Waals surface area (Å²) in [5, 5.41) is 3.45. The van der Waals surface area contributed by atoms with E-state index in [1.165, 1.54) is 0 Å². The average molecular weight is 309 g/mol. The fourth-order valence-corrected chi connectivity index (χ4v) is 2.29. The normalized spacial score (nSPS) is 14.8. The number of nitrogens with one attached hydrogen (secondary N) is 1. The average Bonchev–Trinajstić information content (AvgIpc) is 2.19. The Morgan fingerprint density at radius 3 is 2.75 bits per heavy atom. The second-order valence-electron chi connectivity index (χ2n) is 4.01. The molecule has 0 heterocycles. The molecule has 1 nitrogen and oxygen atoms in total. The predicted molar refractivity (Wildman–Crippen MR) is 70.7 cm³/mol. The van der Waals surface area contributed by atoms with E-state index in [9.17, 15) is 4.39 Å². The molecule has 1 N–H and O–H groups in total. The molecule has 16 heavy (non-hydrogen) atoms. The number of alkyl halides is 1. The van der Waals surface area contributed by atoms with Crippen molar-refractivity contribution >= 4 is 27.5 Å². The Labute approximate surface area is 110 Å². The number of halogens is 3. The van der Waals surface area contributed by atoms with Crippen molar-refractivity contribution in [3.63, 3.8) is 0 Å². The summed E-state index contributed by atoms with van der Waals surface area (Å²) >= 11 is 9.20. The van der Waals surface area contributed by atoms with Gasteiger partial charge in [-0.15, -0.1) is 0 Å². The summed E-state index contributed by atoms with van der Waals surface area (Å²) in [5.41, 5.74) is 0.613. The van der Waals surface area contributed by atoms with Crippen LogP contribution in [-0.4, -0.2) is 10.9 Å². The fourth-order valence-electron chi connectivity index (χ4n) is 1.54. The molecule has 90 valence electrons. The molecule has 0 saturated heterocycles. The van der Waals surface area contributed by atoms with E-state index in [1.54, 1.807) is 18.2 Å². The first-order valence-corrected chi connectivity index (χ1v) is 6.60. The van der Waals surface area contributed by atoms with Crippen molar-refractivity contribution in [1.82, 2.24) is 5.32 Å². The van der Waals surface area contributed by atoms with E-state index in [2.05, 4.69) is 35.1 Å². The lowest BCUT2D eigenvalue weighted by Gasteiger charge is -2.15. The van der Waals surface area contributed by atoms with Crippen LogP contribution < -0.4 is 5.32 Å². The van der Waals surface area contributed by atoms with Crippen molar-refractivity contribution in [2.75, 3.05) is 0 Å². The Balaban J connectivity index is 2.51. The molecular weight excluding hydrogens is 292 g/mol. The molecule has 0 fully saturated rings. The second-order valence-corrected chi connectivity index (χ2v) is 5.98. The Kier molecular flexibility index (Phi) is 5.73. The molecule has 2 unspecified atom stereocenters. The van der Waals surface area contributed by atoms with Crippen LogP contribution in [0.5, 0.6) is 0 Å². The zero-order chi connectivity index (χ0) is 12.1. The van der Waals surface area contributed by atoms with Crippen LogP contribution in [-0.2, 0) is 6.54 Å². The molecule has 1 rings (SSSR count). The zero-order valence-electron chi connectivity index (χ0n) is 9.43. The van der Waals surface area contributed by atoms with Crippen LogP contribution in [0.3, 0.4) is 0 Å². The zero-order valence-corrected chi connectivity index (χ0v) is 11.8. The van der Waals surface area contributed by atoms with Gasteiger partial charge in [0.25, 0.3) is 0 Å². The molecule has 1 aromatic carbocycles. The molecule has 0 radical (unpaired) electrons. The number of benzene rings is 1. The van der Waals surface area contributed by atoms with Crippen LogP contribution in [0.2, 0.25) is 5.02 Å². The summed E-state index contributed by atoms with van der Waals surface area (Å²) in [6.45, 7) is 4.69. The van der Waals surface area contributed by atoms with Gasteiger partial charge in [-0.05, 0) is 19.4 Å². The van der Waals surface area contributed by atoms with Crippen molar-refractivity contribution in [2.45, 2.75) is 37.7 Å². The summed E-state index contributed by atoms with van der Waals surface area (Å²) in [4.78, 5) is 0.458. The lowest BCUT2D eigenvalue weighted by molar-refractivity contribution is 0.502. The standard InChI is InChI=1S/C12H16BrClFN/c1-8(13)6-9(2)16-7-10-4-3-5-11(14)12(10)15/h3-5,8-9,16H,6-7H2,1-2H3. The number of hydrogen-bond acceptors (Lipinski definition) is 1. The smallest absolute Gasteiger partial charge is 0.146 e. The molecule has 0 aromatic heterocycles. The van der Waals surface area contributed by atoms with Crippen LogP contribution >= 0.6 is 27.5 Å². The van der Waals surface area contributed by atoms with Gasteiger partial charge in [0, 0.05) is 23.0 Å². The number of rotatable bonds is 5. The molecule has 2 atom stereocenters. The maximum absolute atomic E-state index is 13.5. The third kappa shape index (κ3) is 4.40. The van der Waals surface area contributed by atoms with Crippen LogP contribution in [0, 0.1) is 5.82 Å². The van der Waals surface area contributed by atoms with Crippen molar-refractivity contribution < 1.29 is 4.39 Å².